The van der Waals surface area contributed by atoms with Crippen molar-refractivity contribution in [3.8, 4) is 0 Å². The molecule has 0 aromatic carbocycles. The van der Waals surface area contributed by atoms with E-state index < -0.39 is 11.5 Å². The van der Waals surface area contributed by atoms with Crippen molar-refractivity contribution in [2.24, 2.45) is 5.73 Å². The van der Waals surface area contributed by atoms with Gasteiger partial charge in [-0.25, -0.2) is 9.78 Å². The lowest BCUT2D eigenvalue weighted by Gasteiger charge is -2.25. The fourth-order valence-corrected chi connectivity index (χ4v) is 1.42. The van der Waals surface area contributed by atoms with E-state index in [0.717, 1.165) is 0 Å². The molecular formula is C12H17N3O3. The molecule has 0 saturated carbocycles. The second-order valence-corrected chi connectivity index (χ2v) is 4.05. The number of pyridine rings is 1. The molecule has 0 unspecified atom stereocenters. The molecule has 1 amide bonds. The van der Waals surface area contributed by atoms with Crippen LogP contribution in [0, 0.1) is 0 Å². The molecule has 4 N–H and O–H groups in total. The van der Waals surface area contributed by atoms with Gasteiger partial charge in [0.15, 0.2) is 0 Å². The van der Waals surface area contributed by atoms with Crippen LogP contribution in [0.4, 0.5) is 5.69 Å². The molecule has 0 atom stereocenters. The number of carboxylic acids is 1. The van der Waals surface area contributed by atoms with Crippen LogP contribution in [-0.4, -0.2) is 27.5 Å². The van der Waals surface area contributed by atoms with Crippen LogP contribution in [0.5, 0.6) is 0 Å². The van der Waals surface area contributed by atoms with Crippen molar-refractivity contribution in [2.45, 2.75) is 32.2 Å². The predicted octanol–water partition coefficient (Wildman–Crippen LogP) is 1.24. The average molecular weight is 251 g/mol. The molecule has 1 rings (SSSR count). The molecule has 6 heteroatoms. The maximum Gasteiger partial charge on any atom is 0.354 e. The van der Waals surface area contributed by atoms with Crippen molar-refractivity contribution in [3.63, 3.8) is 0 Å². The number of hydrogen-bond donors (Lipinski definition) is 3. The van der Waals surface area contributed by atoms with Gasteiger partial charge in [0, 0.05) is 0 Å². The maximum atomic E-state index is 11.9. The summed E-state index contributed by atoms with van der Waals surface area (Å²) < 4.78 is 0. The maximum absolute atomic E-state index is 11.9. The summed E-state index contributed by atoms with van der Waals surface area (Å²) in [5.41, 5.74) is 5.39. The molecule has 0 spiro atoms. The number of carboxylic acid groups (broad SMARTS) is 1. The molecule has 1 aromatic rings. The summed E-state index contributed by atoms with van der Waals surface area (Å²) in [6.07, 6.45) is 2.35. The fraction of sp³-hybridized carbons (Fsp3) is 0.417. The molecule has 98 valence electrons. The van der Waals surface area contributed by atoms with Crippen molar-refractivity contribution in [3.05, 3.63) is 24.0 Å². The lowest BCUT2D eigenvalue weighted by molar-refractivity contribution is -0.121. The van der Waals surface area contributed by atoms with Crippen LogP contribution in [0.15, 0.2) is 18.3 Å². The van der Waals surface area contributed by atoms with Gasteiger partial charge in [0.1, 0.15) is 5.69 Å². The molecule has 18 heavy (non-hydrogen) atoms. The number of nitrogens with two attached hydrogens (primary N) is 1. The lowest BCUT2D eigenvalue weighted by atomic mass is 9.93. The molecule has 0 aliphatic carbocycles. The van der Waals surface area contributed by atoms with Crippen LogP contribution >= 0.6 is 0 Å². The molecule has 0 aliphatic heterocycles. The lowest BCUT2D eigenvalue weighted by Crippen LogP contribution is -2.50. The summed E-state index contributed by atoms with van der Waals surface area (Å²) in [4.78, 5) is 26.3. The van der Waals surface area contributed by atoms with Crippen molar-refractivity contribution >= 4 is 17.6 Å². The summed E-state index contributed by atoms with van der Waals surface area (Å²) in [5, 5.41) is 11.3. The second-order valence-electron chi connectivity index (χ2n) is 4.05. The van der Waals surface area contributed by atoms with Gasteiger partial charge in [-0.2, -0.15) is 0 Å². The van der Waals surface area contributed by atoms with E-state index >= 15 is 0 Å². The van der Waals surface area contributed by atoms with Gasteiger partial charge in [0.25, 0.3) is 0 Å². The van der Waals surface area contributed by atoms with Crippen LogP contribution in [-0.2, 0) is 4.79 Å². The SMILES string of the molecule is CCC(N)(CC)C(=O)Nc1ccc(C(=O)O)nc1. The zero-order valence-corrected chi connectivity index (χ0v) is 10.4. The molecule has 1 heterocycles. The Kier molecular flexibility index (Phi) is 4.38. The third kappa shape index (κ3) is 3.04. The van der Waals surface area contributed by atoms with Crippen molar-refractivity contribution < 1.29 is 14.7 Å². The Labute approximate surface area is 105 Å². The summed E-state index contributed by atoms with van der Waals surface area (Å²) in [6, 6.07) is 2.81. The molecule has 0 fully saturated rings. The monoisotopic (exact) mass is 251 g/mol. The highest BCUT2D eigenvalue weighted by atomic mass is 16.4. The Hall–Kier alpha value is -1.95. The fourth-order valence-electron chi connectivity index (χ4n) is 1.42. The van der Waals surface area contributed by atoms with E-state index in [1.807, 2.05) is 13.8 Å². The van der Waals surface area contributed by atoms with Crippen molar-refractivity contribution in [1.29, 1.82) is 0 Å². The number of carbonyl (C=O) groups excluding carboxylic acids is 1. The van der Waals surface area contributed by atoms with Gasteiger partial charge >= 0.3 is 5.97 Å². The first-order valence-electron chi connectivity index (χ1n) is 5.72. The normalized spacial score (nSPS) is 11.1. The largest absolute Gasteiger partial charge is 0.477 e. The second kappa shape index (κ2) is 5.59. The molecule has 0 bridgehead atoms. The number of aromatic carboxylic acids is 1. The minimum atomic E-state index is -1.11. The summed E-state index contributed by atoms with van der Waals surface area (Å²) in [6.45, 7) is 3.68. The number of amides is 1. The van der Waals surface area contributed by atoms with E-state index in [2.05, 4.69) is 10.3 Å². The van der Waals surface area contributed by atoms with E-state index in [0.29, 0.717) is 18.5 Å². The number of nitrogens with one attached hydrogen (secondary N) is 1. The first-order chi connectivity index (χ1) is 8.42. The molecular weight excluding hydrogens is 234 g/mol. The van der Waals surface area contributed by atoms with E-state index in [1.165, 1.54) is 18.3 Å². The first-order valence-corrected chi connectivity index (χ1v) is 5.72. The van der Waals surface area contributed by atoms with E-state index in [-0.39, 0.29) is 11.6 Å². The Morgan fingerprint density at radius 3 is 2.39 bits per heavy atom. The highest BCUT2D eigenvalue weighted by Gasteiger charge is 2.29. The Balaban J connectivity index is 2.79. The highest BCUT2D eigenvalue weighted by Crippen LogP contribution is 2.15. The quantitative estimate of drug-likeness (QED) is 0.730. The van der Waals surface area contributed by atoms with Gasteiger partial charge in [0.2, 0.25) is 5.91 Å². The molecule has 1 aromatic heterocycles. The summed E-state index contributed by atoms with van der Waals surface area (Å²) in [7, 11) is 0. The number of hydrogen-bond acceptors (Lipinski definition) is 4. The van der Waals surface area contributed by atoms with Gasteiger partial charge in [-0.3, -0.25) is 4.79 Å². The van der Waals surface area contributed by atoms with Crippen molar-refractivity contribution in [1.82, 2.24) is 4.98 Å². The van der Waals surface area contributed by atoms with Gasteiger partial charge in [-0.15, -0.1) is 0 Å². The van der Waals surface area contributed by atoms with Gasteiger partial charge in [0.05, 0.1) is 17.4 Å². The standard InChI is InChI=1S/C12H17N3O3/c1-3-12(13,4-2)11(18)15-8-5-6-9(10(16)17)14-7-8/h5-7H,3-4,13H2,1-2H3,(H,15,18)(H,16,17). The third-order valence-corrected chi connectivity index (χ3v) is 2.95. The van der Waals surface area contributed by atoms with E-state index in [4.69, 9.17) is 10.8 Å². The van der Waals surface area contributed by atoms with Crippen LogP contribution in [0.3, 0.4) is 0 Å². The smallest absolute Gasteiger partial charge is 0.354 e. The third-order valence-electron chi connectivity index (χ3n) is 2.95. The molecule has 0 radical (unpaired) electrons. The minimum Gasteiger partial charge on any atom is -0.477 e. The summed E-state index contributed by atoms with van der Waals surface area (Å²) >= 11 is 0. The number of nitrogens with zero attached hydrogens (tertiary/aromatic N) is 1. The topological polar surface area (TPSA) is 105 Å². The van der Waals surface area contributed by atoms with Crippen LogP contribution in [0.2, 0.25) is 0 Å². The predicted molar refractivity (Wildman–Crippen MR) is 67.3 cm³/mol. The van der Waals surface area contributed by atoms with Gasteiger partial charge < -0.3 is 16.2 Å². The van der Waals surface area contributed by atoms with Crippen molar-refractivity contribution in [2.75, 3.05) is 5.32 Å². The number of carbonyl (C=O) groups is 2. The van der Waals surface area contributed by atoms with E-state index in [1.54, 1.807) is 0 Å². The zero-order valence-electron chi connectivity index (χ0n) is 10.4. The Morgan fingerprint density at radius 1 is 1.39 bits per heavy atom. The number of aromatic nitrogens is 1. The van der Waals surface area contributed by atoms with Gasteiger partial charge in [-0.1, -0.05) is 13.8 Å². The van der Waals surface area contributed by atoms with Crippen LogP contribution in [0.25, 0.3) is 0 Å². The van der Waals surface area contributed by atoms with Crippen LogP contribution in [0.1, 0.15) is 37.2 Å². The minimum absolute atomic E-state index is 0.0713. The number of anilines is 1. The zero-order chi connectivity index (χ0) is 13.8. The summed E-state index contributed by atoms with van der Waals surface area (Å²) in [5.74, 6) is -1.40. The Bertz CT molecular complexity index is 438. The average Bonchev–Trinajstić information content (AvgIpc) is 2.38. The Morgan fingerprint density at radius 2 is 2.00 bits per heavy atom. The molecule has 0 saturated heterocycles. The first kappa shape index (κ1) is 14.1. The van der Waals surface area contributed by atoms with Gasteiger partial charge in [-0.05, 0) is 25.0 Å². The molecule has 0 aliphatic rings. The van der Waals surface area contributed by atoms with Crippen LogP contribution < -0.4 is 11.1 Å². The molecule has 6 nitrogen and oxygen atoms in total. The van der Waals surface area contributed by atoms with E-state index in [9.17, 15) is 9.59 Å². The number of rotatable bonds is 5. The highest BCUT2D eigenvalue weighted by molar-refractivity contribution is 5.98.